The van der Waals surface area contributed by atoms with Crippen molar-refractivity contribution in [1.29, 1.82) is 5.26 Å². The van der Waals surface area contributed by atoms with Crippen molar-refractivity contribution in [2.75, 3.05) is 13.1 Å². The average Bonchev–Trinajstić information content (AvgIpc) is 2.39. The van der Waals surface area contributed by atoms with Crippen molar-refractivity contribution in [1.82, 2.24) is 9.88 Å². The molecule has 0 bridgehead atoms. The van der Waals surface area contributed by atoms with E-state index in [1.165, 1.54) is 12.6 Å². The SMILES string of the molecule is N#Cc1ccc(C(=O)N2CCCCC2)cn1. The van der Waals surface area contributed by atoms with Crippen molar-refractivity contribution in [3.63, 3.8) is 0 Å². The fourth-order valence-corrected chi connectivity index (χ4v) is 1.87. The summed E-state index contributed by atoms with van der Waals surface area (Å²) in [6.07, 6.45) is 4.84. The first kappa shape index (κ1) is 10.6. The van der Waals surface area contributed by atoms with Crippen molar-refractivity contribution < 1.29 is 4.79 Å². The van der Waals surface area contributed by atoms with Gasteiger partial charge in [0.1, 0.15) is 11.8 Å². The van der Waals surface area contributed by atoms with E-state index in [-0.39, 0.29) is 5.91 Å². The van der Waals surface area contributed by atoms with Gasteiger partial charge in [0.25, 0.3) is 5.91 Å². The second-order valence-corrected chi connectivity index (χ2v) is 3.90. The molecule has 0 saturated carbocycles. The minimum atomic E-state index is 0.0247. The molecule has 1 aliphatic rings. The Morgan fingerprint density at radius 1 is 1.31 bits per heavy atom. The largest absolute Gasteiger partial charge is 0.339 e. The van der Waals surface area contributed by atoms with E-state index in [4.69, 9.17) is 5.26 Å². The zero-order valence-corrected chi connectivity index (χ0v) is 9.02. The van der Waals surface area contributed by atoms with Crippen molar-refractivity contribution in [3.8, 4) is 6.07 Å². The van der Waals surface area contributed by atoms with Crippen LogP contribution in [-0.2, 0) is 0 Å². The standard InChI is InChI=1S/C12H13N3O/c13-8-11-5-4-10(9-14-11)12(16)15-6-2-1-3-7-15/h4-5,9H,1-3,6-7H2. The summed E-state index contributed by atoms with van der Waals surface area (Å²) in [5.41, 5.74) is 0.913. The molecular formula is C12H13N3O. The zero-order chi connectivity index (χ0) is 11.4. The molecule has 2 rings (SSSR count). The number of likely N-dealkylation sites (tertiary alicyclic amines) is 1. The third-order valence-electron chi connectivity index (χ3n) is 2.77. The maximum atomic E-state index is 12.0. The third-order valence-corrected chi connectivity index (χ3v) is 2.77. The molecule has 0 aliphatic carbocycles. The molecule has 16 heavy (non-hydrogen) atoms. The Kier molecular flexibility index (Phi) is 3.16. The highest BCUT2D eigenvalue weighted by Gasteiger charge is 2.18. The number of nitriles is 1. The van der Waals surface area contributed by atoms with Crippen molar-refractivity contribution in [3.05, 3.63) is 29.6 Å². The summed E-state index contributed by atoms with van der Waals surface area (Å²) in [6.45, 7) is 1.66. The van der Waals surface area contributed by atoms with Gasteiger partial charge in [0.2, 0.25) is 0 Å². The predicted molar refractivity (Wildman–Crippen MR) is 58.7 cm³/mol. The number of carbonyl (C=O) groups excluding carboxylic acids is 1. The van der Waals surface area contributed by atoms with Crippen LogP contribution in [0.3, 0.4) is 0 Å². The summed E-state index contributed by atoms with van der Waals surface area (Å²) in [6, 6.07) is 5.19. The molecule has 0 atom stereocenters. The highest BCUT2D eigenvalue weighted by atomic mass is 16.2. The number of carbonyl (C=O) groups is 1. The summed E-state index contributed by atoms with van der Waals surface area (Å²) in [5.74, 6) is 0.0247. The normalized spacial score (nSPS) is 15.6. The Hall–Kier alpha value is -1.89. The number of nitrogens with zero attached hydrogens (tertiary/aromatic N) is 3. The smallest absolute Gasteiger partial charge is 0.255 e. The van der Waals surface area contributed by atoms with Crippen molar-refractivity contribution in [2.45, 2.75) is 19.3 Å². The second kappa shape index (κ2) is 4.75. The molecule has 82 valence electrons. The van der Waals surface area contributed by atoms with E-state index in [0.717, 1.165) is 25.9 Å². The number of aromatic nitrogens is 1. The lowest BCUT2D eigenvalue weighted by atomic mass is 10.1. The molecular weight excluding hydrogens is 202 g/mol. The van der Waals surface area contributed by atoms with E-state index in [0.29, 0.717) is 11.3 Å². The minimum absolute atomic E-state index is 0.0247. The van der Waals surface area contributed by atoms with E-state index >= 15 is 0 Å². The van der Waals surface area contributed by atoms with E-state index in [1.54, 1.807) is 12.1 Å². The monoisotopic (exact) mass is 215 g/mol. The summed E-state index contributed by atoms with van der Waals surface area (Å²) in [5, 5.41) is 8.61. The van der Waals surface area contributed by atoms with Gasteiger partial charge in [-0.05, 0) is 31.4 Å². The van der Waals surface area contributed by atoms with Gasteiger partial charge in [-0.15, -0.1) is 0 Å². The molecule has 1 aromatic rings. The molecule has 1 amide bonds. The van der Waals surface area contributed by atoms with Crippen LogP contribution >= 0.6 is 0 Å². The number of piperidine rings is 1. The maximum Gasteiger partial charge on any atom is 0.255 e. The molecule has 0 aromatic carbocycles. The van der Waals surface area contributed by atoms with Crippen molar-refractivity contribution >= 4 is 5.91 Å². The molecule has 1 fully saturated rings. The quantitative estimate of drug-likeness (QED) is 0.714. The van der Waals surface area contributed by atoms with Crippen LogP contribution in [0.2, 0.25) is 0 Å². The second-order valence-electron chi connectivity index (χ2n) is 3.90. The molecule has 4 nitrogen and oxygen atoms in total. The first-order valence-corrected chi connectivity index (χ1v) is 5.46. The maximum absolute atomic E-state index is 12.0. The first-order chi connectivity index (χ1) is 7.81. The van der Waals surface area contributed by atoms with Gasteiger partial charge >= 0.3 is 0 Å². The molecule has 1 aliphatic heterocycles. The summed E-state index contributed by atoms with van der Waals surface area (Å²) in [7, 11) is 0. The molecule has 0 N–H and O–H groups in total. The lowest BCUT2D eigenvalue weighted by Gasteiger charge is -2.26. The molecule has 4 heteroatoms. The van der Waals surface area contributed by atoms with Crippen LogP contribution in [0.15, 0.2) is 18.3 Å². The Labute approximate surface area is 94.5 Å². The van der Waals surface area contributed by atoms with Gasteiger partial charge < -0.3 is 4.90 Å². The lowest BCUT2D eigenvalue weighted by Crippen LogP contribution is -2.35. The Balaban J connectivity index is 2.11. The fraction of sp³-hybridized carbons (Fsp3) is 0.417. The molecule has 0 spiro atoms. The third kappa shape index (κ3) is 2.19. The van der Waals surface area contributed by atoms with Crippen molar-refractivity contribution in [2.24, 2.45) is 0 Å². The van der Waals surface area contributed by atoms with Gasteiger partial charge in [-0.3, -0.25) is 4.79 Å². The van der Waals surface area contributed by atoms with Gasteiger partial charge in [0.05, 0.1) is 5.56 Å². The number of amides is 1. The first-order valence-electron chi connectivity index (χ1n) is 5.46. The van der Waals surface area contributed by atoms with Crippen LogP contribution in [0.25, 0.3) is 0 Å². The average molecular weight is 215 g/mol. The molecule has 2 heterocycles. The van der Waals surface area contributed by atoms with Gasteiger partial charge in [0.15, 0.2) is 0 Å². The number of pyridine rings is 1. The molecule has 1 aromatic heterocycles. The highest BCUT2D eigenvalue weighted by Crippen LogP contribution is 2.12. The van der Waals surface area contributed by atoms with E-state index in [1.807, 2.05) is 11.0 Å². The van der Waals surface area contributed by atoms with Crippen LogP contribution in [0.1, 0.15) is 35.3 Å². The number of hydrogen-bond donors (Lipinski definition) is 0. The molecule has 0 radical (unpaired) electrons. The van der Waals surface area contributed by atoms with Gasteiger partial charge in [-0.1, -0.05) is 0 Å². The van der Waals surface area contributed by atoms with Crippen LogP contribution in [0.4, 0.5) is 0 Å². The summed E-state index contributed by atoms with van der Waals surface area (Å²) in [4.78, 5) is 17.8. The van der Waals surface area contributed by atoms with Gasteiger partial charge in [-0.2, -0.15) is 5.26 Å². The van der Waals surface area contributed by atoms with Crippen LogP contribution in [0.5, 0.6) is 0 Å². The van der Waals surface area contributed by atoms with E-state index < -0.39 is 0 Å². The van der Waals surface area contributed by atoms with E-state index in [2.05, 4.69) is 4.98 Å². The van der Waals surface area contributed by atoms with Crippen LogP contribution in [-0.4, -0.2) is 28.9 Å². The van der Waals surface area contributed by atoms with Crippen LogP contribution in [0, 0.1) is 11.3 Å². The molecule has 0 unspecified atom stereocenters. The Morgan fingerprint density at radius 3 is 2.62 bits per heavy atom. The predicted octanol–water partition coefficient (Wildman–Crippen LogP) is 1.58. The zero-order valence-electron chi connectivity index (χ0n) is 9.02. The van der Waals surface area contributed by atoms with Crippen LogP contribution < -0.4 is 0 Å². The topological polar surface area (TPSA) is 57.0 Å². The minimum Gasteiger partial charge on any atom is -0.339 e. The summed E-state index contributed by atoms with van der Waals surface area (Å²) < 4.78 is 0. The van der Waals surface area contributed by atoms with Gasteiger partial charge in [-0.25, -0.2) is 4.98 Å². The Bertz CT molecular complexity index is 413. The number of hydrogen-bond acceptors (Lipinski definition) is 3. The van der Waals surface area contributed by atoms with E-state index in [9.17, 15) is 4.79 Å². The summed E-state index contributed by atoms with van der Waals surface area (Å²) >= 11 is 0. The lowest BCUT2D eigenvalue weighted by molar-refractivity contribution is 0.0724. The number of rotatable bonds is 1. The highest BCUT2D eigenvalue weighted by molar-refractivity contribution is 5.94. The fourth-order valence-electron chi connectivity index (χ4n) is 1.87. The van der Waals surface area contributed by atoms with Gasteiger partial charge in [0, 0.05) is 19.3 Å². The molecule has 1 saturated heterocycles. The Morgan fingerprint density at radius 2 is 2.06 bits per heavy atom.